The van der Waals surface area contributed by atoms with Gasteiger partial charge in [-0.3, -0.25) is 14.4 Å². The van der Waals surface area contributed by atoms with Crippen LogP contribution in [0.3, 0.4) is 0 Å². The second kappa shape index (κ2) is 9.63. The molecule has 0 N–H and O–H groups in total. The summed E-state index contributed by atoms with van der Waals surface area (Å²) in [6, 6.07) is 12.8. The second-order valence-electron chi connectivity index (χ2n) is 8.53. The Balaban J connectivity index is 1.40. The van der Waals surface area contributed by atoms with Gasteiger partial charge in [-0.25, -0.2) is 0 Å². The Kier molecular flexibility index (Phi) is 6.87. The van der Waals surface area contributed by atoms with Crippen LogP contribution in [0.1, 0.15) is 53.7 Å². The van der Waals surface area contributed by atoms with Crippen LogP contribution in [-0.4, -0.2) is 47.0 Å². The smallest absolute Gasteiger partial charge is 0.224 e. The number of fused-ring (bicyclic) bond motifs is 1. The molecule has 32 heavy (non-hydrogen) atoms. The molecule has 1 atom stereocenters. The Morgan fingerprint density at radius 1 is 0.969 bits per heavy atom. The number of hydrogen-bond acceptors (Lipinski definition) is 3. The van der Waals surface area contributed by atoms with Crippen molar-refractivity contribution in [2.75, 3.05) is 19.6 Å². The van der Waals surface area contributed by atoms with Crippen molar-refractivity contribution in [1.82, 2.24) is 9.80 Å². The van der Waals surface area contributed by atoms with Crippen LogP contribution in [0.2, 0.25) is 10.0 Å². The van der Waals surface area contributed by atoms with Gasteiger partial charge in [0.1, 0.15) is 0 Å². The van der Waals surface area contributed by atoms with Crippen molar-refractivity contribution >= 4 is 40.8 Å². The topological polar surface area (TPSA) is 57.7 Å². The van der Waals surface area contributed by atoms with Gasteiger partial charge < -0.3 is 9.80 Å². The fourth-order valence-corrected chi connectivity index (χ4v) is 5.12. The van der Waals surface area contributed by atoms with Crippen molar-refractivity contribution in [3.8, 4) is 0 Å². The highest BCUT2D eigenvalue weighted by Crippen LogP contribution is 2.34. The molecule has 0 radical (unpaired) electrons. The van der Waals surface area contributed by atoms with E-state index in [1.165, 1.54) is 5.56 Å². The number of carbonyl (C=O) groups is 3. The molecule has 0 aromatic heterocycles. The average Bonchev–Trinajstić information content (AvgIpc) is 2.80. The summed E-state index contributed by atoms with van der Waals surface area (Å²) in [7, 11) is 0. The third kappa shape index (κ3) is 4.69. The molecule has 1 saturated heterocycles. The Morgan fingerprint density at radius 2 is 1.69 bits per heavy atom. The van der Waals surface area contributed by atoms with Crippen LogP contribution in [-0.2, 0) is 16.0 Å². The zero-order valence-corrected chi connectivity index (χ0v) is 19.5. The van der Waals surface area contributed by atoms with Crippen molar-refractivity contribution in [1.29, 1.82) is 0 Å². The summed E-state index contributed by atoms with van der Waals surface area (Å²) in [6.07, 6.45) is 2.30. The van der Waals surface area contributed by atoms with E-state index in [0.717, 1.165) is 12.0 Å². The number of rotatable bonds is 4. The summed E-state index contributed by atoms with van der Waals surface area (Å²) in [4.78, 5) is 41.9. The second-order valence-corrected chi connectivity index (χ2v) is 9.34. The molecule has 0 spiro atoms. The number of ketones is 1. The van der Waals surface area contributed by atoms with Gasteiger partial charge in [-0.15, -0.1) is 0 Å². The van der Waals surface area contributed by atoms with E-state index < -0.39 is 0 Å². The monoisotopic (exact) mass is 472 g/mol. The van der Waals surface area contributed by atoms with Crippen LogP contribution in [0.4, 0.5) is 0 Å². The number of carbonyl (C=O) groups excluding carboxylic acids is 3. The van der Waals surface area contributed by atoms with Crippen LogP contribution < -0.4 is 0 Å². The Hall–Kier alpha value is -2.37. The van der Waals surface area contributed by atoms with E-state index in [1.54, 1.807) is 30.0 Å². The van der Waals surface area contributed by atoms with Gasteiger partial charge in [0.05, 0.1) is 22.5 Å². The fourth-order valence-electron chi connectivity index (χ4n) is 4.82. The molecule has 7 heteroatoms. The van der Waals surface area contributed by atoms with Crippen molar-refractivity contribution < 1.29 is 14.4 Å². The summed E-state index contributed by atoms with van der Waals surface area (Å²) < 4.78 is 0. The molecule has 0 saturated carbocycles. The fraction of sp³-hybridized carbons (Fsp3) is 0.400. The molecular formula is C25H26Cl2N2O3. The van der Waals surface area contributed by atoms with Crippen molar-refractivity contribution in [2.24, 2.45) is 5.92 Å². The number of piperidine rings is 1. The van der Waals surface area contributed by atoms with Gasteiger partial charge in [0, 0.05) is 38.0 Å². The third-order valence-electron chi connectivity index (χ3n) is 6.61. The molecule has 2 heterocycles. The lowest BCUT2D eigenvalue weighted by Gasteiger charge is -2.38. The van der Waals surface area contributed by atoms with Crippen LogP contribution in [0, 0.1) is 5.92 Å². The number of likely N-dealkylation sites (tertiary alicyclic amines) is 1. The SMILES string of the molecule is CC(=O)N1CCc2ccccc2C1CC(=O)N1CCC(C(=O)c2ccc(Cl)c(Cl)c2)CC1. The summed E-state index contributed by atoms with van der Waals surface area (Å²) >= 11 is 12.0. The molecule has 2 aromatic carbocycles. The molecule has 2 aliphatic rings. The predicted molar refractivity (Wildman–Crippen MR) is 125 cm³/mol. The van der Waals surface area contributed by atoms with Crippen LogP contribution in [0.15, 0.2) is 42.5 Å². The number of nitrogens with zero attached hydrogens (tertiary/aromatic N) is 2. The quantitative estimate of drug-likeness (QED) is 0.591. The number of amides is 2. The van der Waals surface area contributed by atoms with E-state index in [-0.39, 0.29) is 36.0 Å². The number of Topliss-reactive ketones (excluding diaryl/α,β-unsaturated/α-hetero) is 1. The van der Waals surface area contributed by atoms with Crippen molar-refractivity contribution in [3.05, 3.63) is 69.2 Å². The van der Waals surface area contributed by atoms with Gasteiger partial charge >= 0.3 is 0 Å². The van der Waals surface area contributed by atoms with E-state index in [1.807, 2.05) is 23.1 Å². The lowest BCUT2D eigenvalue weighted by atomic mass is 9.87. The minimum absolute atomic E-state index is 0.0109. The highest BCUT2D eigenvalue weighted by molar-refractivity contribution is 6.42. The highest BCUT2D eigenvalue weighted by Gasteiger charge is 2.34. The van der Waals surface area contributed by atoms with E-state index in [0.29, 0.717) is 48.1 Å². The van der Waals surface area contributed by atoms with Gasteiger partial charge in [0.25, 0.3) is 0 Å². The molecular weight excluding hydrogens is 447 g/mol. The molecule has 1 fully saturated rings. The Bertz CT molecular complexity index is 1050. The maximum absolute atomic E-state index is 13.1. The number of benzene rings is 2. The minimum Gasteiger partial charge on any atom is -0.343 e. The van der Waals surface area contributed by atoms with Crippen LogP contribution in [0.5, 0.6) is 0 Å². The van der Waals surface area contributed by atoms with Crippen LogP contribution >= 0.6 is 23.2 Å². The first-order chi connectivity index (χ1) is 15.3. The lowest BCUT2D eigenvalue weighted by Crippen LogP contribution is -2.44. The van der Waals surface area contributed by atoms with Crippen molar-refractivity contribution in [3.63, 3.8) is 0 Å². The van der Waals surface area contributed by atoms with Gasteiger partial charge in [0.2, 0.25) is 11.8 Å². The molecule has 2 aliphatic heterocycles. The molecule has 2 aromatic rings. The normalized spacial score (nSPS) is 18.9. The summed E-state index contributed by atoms with van der Waals surface area (Å²) in [5.74, 6) is -0.0818. The molecule has 2 amide bonds. The number of halogens is 2. The summed E-state index contributed by atoms with van der Waals surface area (Å²) in [5, 5.41) is 0.792. The maximum atomic E-state index is 13.1. The van der Waals surface area contributed by atoms with Gasteiger partial charge in [0.15, 0.2) is 5.78 Å². The first-order valence-electron chi connectivity index (χ1n) is 11.0. The average molecular weight is 473 g/mol. The van der Waals surface area contributed by atoms with E-state index >= 15 is 0 Å². The lowest BCUT2D eigenvalue weighted by molar-refractivity contribution is -0.137. The van der Waals surface area contributed by atoms with E-state index in [4.69, 9.17) is 23.2 Å². The van der Waals surface area contributed by atoms with Crippen molar-refractivity contribution in [2.45, 2.75) is 38.6 Å². The molecule has 5 nitrogen and oxygen atoms in total. The Labute approximate surface area is 198 Å². The van der Waals surface area contributed by atoms with Crippen LogP contribution in [0.25, 0.3) is 0 Å². The summed E-state index contributed by atoms with van der Waals surface area (Å²) in [5.41, 5.74) is 2.82. The van der Waals surface area contributed by atoms with Gasteiger partial charge in [-0.05, 0) is 48.6 Å². The maximum Gasteiger partial charge on any atom is 0.224 e. The first-order valence-corrected chi connectivity index (χ1v) is 11.7. The zero-order valence-electron chi connectivity index (χ0n) is 18.0. The highest BCUT2D eigenvalue weighted by atomic mass is 35.5. The summed E-state index contributed by atoms with van der Waals surface area (Å²) in [6.45, 7) is 3.26. The molecule has 0 aliphatic carbocycles. The first kappa shape index (κ1) is 22.8. The molecule has 4 rings (SSSR count). The third-order valence-corrected chi connectivity index (χ3v) is 7.35. The standard InChI is InChI=1S/C25H26Cl2N2O3/c1-16(30)29-13-10-17-4-2-3-5-20(17)23(29)15-24(31)28-11-8-18(9-12-28)25(32)19-6-7-21(26)22(27)14-19/h2-7,14,18,23H,8-13,15H2,1H3. The number of hydrogen-bond donors (Lipinski definition) is 0. The predicted octanol–water partition coefficient (Wildman–Crippen LogP) is 4.95. The molecule has 0 bridgehead atoms. The molecule has 168 valence electrons. The minimum atomic E-state index is -0.236. The van der Waals surface area contributed by atoms with Gasteiger partial charge in [-0.2, -0.15) is 0 Å². The Morgan fingerprint density at radius 3 is 2.38 bits per heavy atom. The largest absolute Gasteiger partial charge is 0.343 e. The van der Waals surface area contributed by atoms with E-state index in [2.05, 4.69) is 6.07 Å². The zero-order chi connectivity index (χ0) is 22.8. The van der Waals surface area contributed by atoms with Gasteiger partial charge in [-0.1, -0.05) is 47.5 Å². The van der Waals surface area contributed by atoms with E-state index in [9.17, 15) is 14.4 Å². The molecule has 1 unspecified atom stereocenters.